The maximum Gasteiger partial charge on any atom is 0.127 e. The van der Waals surface area contributed by atoms with Gasteiger partial charge in [-0.2, -0.15) is 10.4 Å². The summed E-state index contributed by atoms with van der Waals surface area (Å²) >= 11 is 3.34. The summed E-state index contributed by atoms with van der Waals surface area (Å²) in [5, 5.41) is 15.8. The summed E-state index contributed by atoms with van der Waals surface area (Å²) in [5.74, 6) is 0. The van der Waals surface area contributed by atoms with E-state index in [1.165, 1.54) is 0 Å². The molecule has 0 amide bonds. The molecule has 0 fully saturated rings. The minimum Gasteiger partial charge on any atom is -0.270 e. The molecule has 0 aliphatic carbocycles. The molecule has 3 heterocycles. The Kier molecular flexibility index (Phi) is 5.67. The van der Waals surface area contributed by atoms with Gasteiger partial charge in [0.25, 0.3) is 0 Å². The summed E-state index contributed by atoms with van der Waals surface area (Å²) < 4.78 is 4.14. The van der Waals surface area contributed by atoms with Crippen LogP contribution in [0.25, 0.3) is 43.3 Å². The SMILES string of the molecule is N#CCCn1cc(C=C(c2nc3ccccc3s2)c2nc3ccccc3s2)c(-c2ccccc2)n1. The van der Waals surface area contributed by atoms with Gasteiger partial charge in [0.05, 0.1) is 45.2 Å². The minimum atomic E-state index is 0.404. The van der Waals surface area contributed by atoms with E-state index < -0.39 is 0 Å². The molecule has 35 heavy (non-hydrogen) atoms. The number of fused-ring (bicyclic) bond motifs is 2. The molecule has 0 radical (unpaired) electrons. The highest BCUT2D eigenvalue weighted by atomic mass is 32.1. The number of rotatable bonds is 6. The zero-order chi connectivity index (χ0) is 23.6. The molecule has 0 spiro atoms. The third-order valence-electron chi connectivity index (χ3n) is 5.64. The molecule has 168 valence electrons. The first kappa shape index (κ1) is 21.4. The van der Waals surface area contributed by atoms with Crippen molar-refractivity contribution < 1.29 is 0 Å². The molecule has 7 heteroatoms. The molecule has 6 aromatic rings. The van der Waals surface area contributed by atoms with Crippen molar-refractivity contribution in [1.82, 2.24) is 19.7 Å². The van der Waals surface area contributed by atoms with Crippen LogP contribution < -0.4 is 0 Å². The number of para-hydroxylation sites is 2. The Morgan fingerprint density at radius 3 is 2.03 bits per heavy atom. The van der Waals surface area contributed by atoms with Gasteiger partial charge in [-0.15, -0.1) is 22.7 Å². The fourth-order valence-corrected chi connectivity index (χ4v) is 6.02. The number of aromatic nitrogens is 4. The molecule has 6 rings (SSSR count). The van der Waals surface area contributed by atoms with Gasteiger partial charge in [-0.05, 0) is 30.3 Å². The Bertz CT molecular complexity index is 1570. The highest BCUT2D eigenvalue weighted by Crippen LogP contribution is 2.37. The van der Waals surface area contributed by atoms with E-state index in [1.807, 2.05) is 65.5 Å². The molecule has 5 nitrogen and oxygen atoms in total. The summed E-state index contributed by atoms with van der Waals surface area (Å²) in [4.78, 5) is 9.92. The second kappa shape index (κ2) is 9.26. The predicted octanol–water partition coefficient (Wildman–Crippen LogP) is 7.27. The zero-order valence-electron chi connectivity index (χ0n) is 18.6. The van der Waals surface area contributed by atoms with Gasteiger partial charge in [0.15, 0.2) is 0 Å². The van der Waals surface area contributed by atoms with Gasteiger partial charge in [-0.1, -0.05) is 54.6 Å². The van der Waals surface area contributed by atoms with Gasteiger partial charge in [0.1, 0.15) is 10.0 Å². The Morgan fingerprint density at radius 1 is 0.829 bits per heavy atom. The lowest BCUT2D eigenvalue weighted by atomic mass is 10.1. The molecule has 0 saturated heterocycles. The van der Waals surface area contributed by atoms with E-state index in [0.29, 0.717) is 13.0 Å². The van der Waals surface area contributed by atoms with Crippen molar-refractivity contribution in [2.24, 2.45) is 0 Å². The lowest BCUT2D eigenvalue weighted by molar-refractivity contribution is 0.629. The van der Waals surface area contributed by atoms with Crippen molar-refractivity contribution in [2.45, 2.75) is 13.0 Å². The molecule has 3 aromatic heterocycles. The van der Waals surface area contributed by atoms with Gasteiger partial charge in [-0.25, -0.2) is 9.97 Å². The second-order valence-electron chi connectivity index (χ2n) is 8.00. The molecule has 0 aliphatic heterocycles. The van der Waals surface area contributed by atoms with Crippen LogP contribution in [0.15, 0.2) is 85.1 Å². The third kappa shape index (κ3) is 4.26. The third-order valence-corrected chi connectivity index (χ3v) is 7.78. The molecular formula is C28H19N5S2. The van der Waals surface area contributed by atoms with Gasteiger partial charge in [0, 0.05) is 22.9 Å². The topological polar surface area (TPSA) is 67.4 Å². The van der Waals surface area contributed by atoms with E-state index in [-0.39, 0.29) is 0 Å². The van der Waals surface area contributed by atoms with Gasteiger partial charge in [0.2, 0.25) is 0 Å². The van der Waals surface area contributed by atoms with Crippen molar-refractivity contribution in [3.63, 3.8) is 0 Å². The van der Waals surface area contributed by atoms with E-state index in [1.54, 1.807) is 22.7 Å². The molecule has 0 atom stereocenters. The van der Waals surface area contributed by atoms with E-state index in [2.05, 4.69) is 36.4 Å². The Balaban J connectivity index is 1.57. The Labute approximate surface area is 210 Å². The number of benzene rings is 3. The average molecular weight is 490 g/mol. The summed E-state index contributed by atoms with van der Waals surface area (Å²) in [6, 6.07) is 28.7. The van der Waals surface area contributed by atoms with Crippen LogP contribution in [0, 0.1) is 11.3 Å². The van der Waals surface area contributed by atoms with Crippen molar-refractivity contribution in [1.29, 1.82) is 5.26 Å². The molecule has 0 bridgehead atoms. The quantitative estimate of drug-likeness (QED) is 0.247. The lowest BCUT2D eigenvalue weighted by Crippen LogP contribution is -1.97. The Hall–Kier alpha value is -4.12. The average Bonchev–Trinajstić information content (AvgIpc) is 3.62. The number of aryl methyl sites for hydroxylation is 1. The monoisotopic (exact) mass is 489 g/mol. The van der Waals surface area contributed by atoms with Crippen LogP contribution in [0.5, 0.6) is 0 Å². The summed E-state index contributed by atoms with van der Waals surface area (Å²) in [6.07, 6.45) is 4.57. The van der Waals surface area contributed by atoms with Crippen LogP contribution >= 0.6 is 22.7 Å². The van der Waals surface area contributed by atoms with Crippen LogP contribution in [-0.4, -0.2) is 19.7 Å². The van der Waals surface area contributed by atoms with Gasteiger partial charge in [-0.3, -0.25) is 4.68 Å². The van der Waals surface area contributed by atoms with Crippen LogP contribution in [0.1, 0.15) is 22.0 Å². The first-order valence-corrected chi connectivity index (χ1v) is 12.9. The summed E-state index contributed by atoms with van der Waals surface area (Å²) in [5.41, 5.74) is 5.82. The number of nitriles is 1. The van der Waals surface area contributed by atoms with E-state index in [0.717, 1.165) is 52.8 Å². The van der Waals surface area contributed by atoms with E-state index >= 15 is 0 Å². The number of hydrogen-bond donors (Lipinski definition) is 0. The second-order valence-corrected chi connectivity index (χ2v) is 10.1. The van der Waals surface area contributed by atoms with Gasteiger partial charge >= 0.3 is 0 Å². The lowest BCUT2D eigenvalue weighted by Gasteiger charge is -2.02. The largest absolute Gasteiger partial charge is 0.270 e. The zero-order valence-corrected chi connectivity index (χ0v) is 20.3. The minimum absolute atomic E-state index is 0.404. The highest BCUT2D eigenvalue weighted by Gasteiger charge is 2.18. The molecular weight excluding hydrogens is 470 g/mol. The first-order chi connectivity index (χ1) is 17.3. The Morgan fingerprint density at radius 2 is 1.43 bits per heavy atom. The van der Waals surface area contributed by atoms with E-state index in [9.17, 15) is 0 Å². The van der Waals surface area contributed by atoms with Crippen molar-refractivity contribution >= 4 is 54.8 Å². The number of nitrogens with zero attached hydrogens (tertiary/aromatic N) is 5. The highest BCUT2D eigenvalue weighted by molar-refractivity contribution is 7.22. The predicted molar refractivity (Wildman–Crippen MR) is 144 cm³/mol. The summed E-state index contributed by atoms with van der Waals surface area (Å²) in [7, 11) is 0. The van der Waals surface area contributed by atoms with Crippen molar-refractivity contribution in [2.75, 3.05) is 0 Å². The standard InChI is InChI=1S/C28H19N5S2/c29-15-8-16-33-18-20(26(32-33)19-9-2-1-3-10-19)17-21(27-30-22-11-4-6-13-24(22)34-27)28-31-23-12-5-7-14-25(23)35-28/h1-7,9-14,17-18H,8,16H2. The van der Waals surface area contributed by atoms with Crippen molar-refractivity contribution in [3.8, 4) is 17.3 Å². The number of hydrogen-bond acceptors (Lipinski definition) is 6. The summed E-state index contributed by atoms with van der Waals surface area (Å²) in [6.45, 7) is 0.543. The molecule has 0 saturated carbocycles. The van der Waals surface area contributed by atoms with Crippen molar-refractivity contribution in [3.05, 3.63) is 101 Å². The normalized spacial score (nSPS) is 11.1. The fraction of sp³-hybridized carbons (Fsp3) is 0.0714. The maximum atomic E-state index is 9.08. The molecule has 0 aliphatic rings. The van der Waals surface area contributed by atoms with Crippen LogP contribution in [0.3, 0.4) is 0 Å². The van der Waals surface area contributed by atoms with Crippen LogP contribution in [-0.2, 0) is 6.54 Å². The number of thiazole rings is 2. The maximum absolute atomic E-state index is 9.08. The van der Waals surface area contributed by atoms with Crippen LogP contribution in [0.4, 0.5) is 0 Å². The fourth-order valence-electron chi connectivity index (χ4n) is 3.99. The molecule has 0 unspecified atom stereocenters. The smallest absolute Gasteiger partial charge is 0.127 e. The molecule has 3 aromatic carbocycles. The first-order valence-electron chi connectivity index (χ1n) is 11.2. The van der Waals surface area contributed by atoms with Crippen LogP contribution in [0.2, 0.25) is 0 Å². The van der Waals surface area contributed by atoms with Gasteiger partial charge < -0.3 is 0 Å². The molecule has 0 N–H and O–H groups in total. The van der Waals surface area contributed by atoms with E-state index in [4.69, 9.17) is 20.3 Å².